The first kappa shape index (κ1) is 35.3. The van der Waals surface area contributed by atoms with E-state index in [0.717, 1.165) is 48.8 Å². The lowest BCUT2D eigenvalue weighted by molar-refractivity contribution is -0.659. The molecular weight excluding hydrogens is 560 g/mol. The molecule has 0 bridgehead atoms. The van der Waals surface area contributed by atoms with E-state index < -0.39 is 0 Å². The van der Waals surface area contributed by atoms with Gasteiger partial charge in [-0.1, -0.05) is 10.2 Å². The number of benzene rings is 2. The zero-order valence-electron chi connectivity index (χ0n) is 27.6. The van der Waals surface area contributed by atoms with Crippen molar-refractivity contribution in [3.63, 3.8) is 0 Å². The molecule has 0 aliphatic carbocycles. The van der Waals surface area contributed by atoms with Gasteiger partial charge in [0.1, 0.15) is 22.9 Å². The number of hydrogen-bond donors (Lipinski definition) is 0. The number of rotatable bonds is 13. The second-order valence-corrected chi connectivity index (χ2v) is 9.99. The minimum atomic E-state index is 0. The van der Waals surface area contributed by atoms with E-state index in [4.69, 9.17) is 9.47 Å². The van der Waals surface area contributed by atoms with Crippen LogP contribution in [0.1, 0.15) is 12.8 Å². The average Bonchev–Trinajstić information content (AvgIpc) is 3.50. The SMILES string of the molecule is COc1cc(N=Nc2n(C)nc[n+]2C)ccc1N(C)CCCCN(C)c1ccc(N=Nc2n(C)nc[n+]2C)cc1OC.[CH3-].[CH3-]. The van der Waals surface area contributed by atoms with Crippen LogP contribution in [0.15, 0.2) is 69.5 Å². The number of methoxy groups -OCH3 is 2. The quantitative estimate of drug-likeness (QED) is 0.0925. The summed E-state index contributed by atoms with van der Waals surface area (Å²) in [5.41, 5.74) is 3.42. The molecule has 2 aromatic carbocycles. The summed E-state index contributed by atoms with van der Waals surface area (Å²) in [6, 6.07) is 11.7. The Labute approximate surface area is 260 Å². The Morgan fingerprint density at radius 3 is 1.39 bits per heavy atom. The number of azo groups is 2. The molecule has 0 unspecified atom stereocenters. The molecule has 0 radical (unpaired) electrons. The zero-order valence-corrected chi connectivity index (χ0v) is 27.6. The first-order valence-corrected chi connectivity index (χ1v) is 13.6. The lowest BCUT2D eigenvalue weighted by atomic mass is 10.2. The van der Waals surface area contributed by atoms with E-state index in [1.807, 2.05) is 73.7 Å². The van der Waals surface area contributed by atoms with Crippen molar-refractivity contribution < 1.29 is 18.6 Å². The molecule has 4 rings (SSSR count). The Morgan fingerprint density at radius 1 is 0.682 bits per heavy atom. The van der Waals surface area contributed by atoms with Crippen molar-refractivity contribution in [3.8, 4) is 11.5 Å². The molecule has 0 aliphatic heterocycles. The third kappa shape index (κ3) is 8.36. The molecule has 0 amide bonds. The normalized spacial score (nSPS) is 11.0. The second kappa shape index (κ2) is 16.1. The van der Waals surface area contributed by atoms with Crippen molar-refractivity contribution in [1.29, 1.82) is 0 Å². The number of anilines is 2. The predicted octanol–water partition coefficient (Wildman–Crippen LogP) is 4.90. The Hall–Kier alpha value is -4.88. The first-order valence-electron chi connectivity index (χ1n) is 13.6. The second-order valence-electron chi connectivity index (χ2n) is 9.99. The topological polar surface area (TPSA) is 118 Å². The van der Waals surface area contributed by atoms with Crippen LogP contribution in [-0.2, 0) is 28.2 Å². The predicted molar refractivity (Wildman–Crippen MR) is 172 cm³/mol. The number of aryl methyl sites for hydroxylation is 4. The molecule has 0 saturated carbocycles. The van der Waals surface area contributed by atoms with Crippen molar-refractivity contribution >= 4 is 34.6 Å². The van der Waals surface area contributed by atoms with Gasteiger partial charge < -0.3 is 34.1 Å². The summed E-state index contributed by atoms with van der Waals surface area (Å²) < 4.78 is 18.3. The molecule has 14 heteroatoms. The monoisotopic (exact) mass is 606 g/mol. The number of nitrogens with zero attached hydrogens (tertiary/aromatic N) is 12. The van der Waals surface area contributed by atoms with E-state index in [1.54, 1.807) is 36.2 Å². The standard InChI is InChI=1S/C28H40N12O2.2CH3/c1-35(23-13-11-21(17-25(23)41-7)31-33-27-37(3)19-29-39(27)5)15-9-10-16-36(2)24-14-12-22(18-26(24)42-8)32-34-28-38(4)20-30-40(28)6;;/h11-14,17-20H,9-10,15-16H2,1-8H3;2*1H3/q+2;2*-1. The van der Waals surface area contributed by atoms with E-state index in [0.29, 0.717) is 23.3 Å². The molecule has 0 N–H and O–H groups in total. The van der Waals surface area contributed by atoms with Crippen LogP contribution in [-0.4, -0.2) is 61.0 Å². The van der Waals surface area contributed by atoms with Crippen LogP contribution >= 0.6 is 0 Å². The van der Waals surface area contributed by atoms with Crippen molar-refractivity contribution in [2.24, 2.45) is 48.6 Å². The summed E-state index contributed by atoms with van der Waals surface area (Å²) in [6.07, 6.45) is 5.38. The summed E-state index contributed by atoms with van der Waals surface area (Å²) in [4.78, 5) is 4.40. The van der Waals surface area contributed by atoms with Crippen molar-refractivity contribution in [3.05, 3.63) is 63.9 Å². The Kier molecular flexibility index (Phi) is 12.9. The van der Waals surface area contributed by atoms with E-state index >= 15 is 0 Å². The van der Waals surface area contributed by atoms with Gasteiger partial charge in [-0.2, -0.15) is 0 Å². The summed E-state index contributed by atoms with van der Waals surface area (Å²) in [7, 11) is 14.9. The molecule has 14 nitrogen and oxygen atoms in total. The van der Waals surface area contributed by atoms with Gasteiger partial charge in [-0.3, -0.25) is 0 Å². The summed E-state index contributed by atoms with van der Waals surface area (Å²) in [6.45, 7) is 1.75. The molecule has 0 fully saturated rings. The van der Waals surface area contributed by atoms with E-state index in [2.05, 4.69) is 54.5 Å². The molecule has 0 saturated heterocycles. The van der Waals surface area contributed by atoms with Gasteiger partial charge in [0, 0.05) is 49.5 Å². The molecular formula is C30H46N12O2. The van der Waals surface area contributed by atoms with Gasteiger partial charge >= 0.3 is 11.9 Å². The van der Waals surface area contributed by atoms with E-state index in [-0.39, 0.29) is 14.9 Å². The molecule has 44 heavy (non-hydrogen) atoms. The van der Waals surface area contributed by atoms with Gasteiger partial charge in [0.15, 0.2) is 0 Å². The Balaban J connectivity index is 0.00000337. The van der Waals surface area contributed by atoms with Gasteiger partial charge in [-0.05, 0) is 47.3 Å². The molecule has 0 spiro atoms. The van der Waals surface area contributed by atoms with Crippen molar-refractivity contribution in [1.82, 2.24) is 19.6 Å². The van der Waals surface area contributed by atoms with E-state index in [1.165, 1.54) is 0 Å². The zero-order chi connectivity index (χ0) is 30.2. The highest BCUT2D eigenvalue weighted by atomic mass is 16.5. The van der Waals surface area contributed by atoms with Crippen LogP contribution in [0.25, 0.3) is 0 Å². The highest BCUT2D eigenvalue weighted by Crippen LogP contribution is 2.34. The number of unbranched alkanes of at least 4 members (excludes halogenated alkanes) is 1. The molecule has 4 aromatic rings. The van der Waals surface area contributed by atoms with Crippen LogP contribution in [0.2, 0.25) is 0 Å². The lowest BCUT2D eigenvalue weighted by Gasteiger charge is -2.24. The van der Waals surface area contributed by atoms with Gasteiger partial charge in [-0.15, -0.1) is 9.36 Å². The van der Waals surface area contributed by atoms with Crippen LogP contribution in [0.4, 0.5) is 34.6 Å². The smallest absolute Gasteiger partial charge is 0.403 e. The third-order valence-corrected chi connectivity index (χ3v) is 6.90. The summed E-state index contributed by atoms with van der Waals surface area (Å²) >= 11 is 0. The summed E-state index contributed by atoms with van der Waals surface area (Å²) in [5, 5.41) is 25.7. The van der Waals surface area contributed by atoms with Gasteiger partial charge in [0.25, 0.3) is 0 Å². The molecule has 0 aliphatic rings. The molecule has 2 heterocycles. The maximum absolute atomic E-state index is 5.67. The number of ether oxygens (including phenoxy) is 2. The van der Waals surface area contributed by atoms with Crippen molar-refractivity contribution in [2.75, 3.05) is 51.2 Å². The Bertz CT molecular complexity index is 1400. The average molecular weight is 607 g/mol. The van der Waals surface area contributed by atoms with Gasteiger partial charge in [-0.25, -0.2) is 9.13 Å². The van der Waals surface area contributed by atoms with Crippen LogP contribution in [0.3, 0.4) is 0 Å². The minimum absolute atomic E-state index is 0. The van der Waals surface area contributed by atoms with Crippen molar-refractivity contribution in [2.45, 2.75) is 12.8 Å². The number of aromatic nitrogens is 6. The maximum Gasteiger partial charge on any atom is 0.403 e. The molecule has 2 aromatic heterocycles. The highest BCUT2D eigenvalue weighted by molar-refractivity contribution is 5.64. The van der Waals surface area contributed by atoms with Crippen LogP contribution in [0.5, 0.6) is 11.5 Å². The first-order chi connectivity index (χ1) is 20.2. The third-order valence-electron chi connectivity index (χ3n) is 6.90. The maximum atomic E-state index is 5.67. The number of hydrogen-bond acceptors (Lipinski definition) is 10. The fraction of sp³-hybridized carbons (Fsp3) is 0.400. The molecule has 0 atom stereocenters. The summed E-state index contributed by atoms with van der Waals surface area (Å²) in [5.74, 6) is 2.79. The fourth-order valence-electron chi connectivity index (χ4n) is 4.47. The van der Waals surface area contributed by atoms with Gasteiger partial charge in [0.05, 0.1) is 53.8 Å². The minimum Gasteiger partial charge on any atom is -0.495 e. The largest absolute Gasteiger partial charge is 0.495 e. The molecule has 238 valence electrons. The highest BCUT2D eigenvalue weighted by Gasteiger charge is 2.15. The fourth-order valence-corrected chi connectivity index (χ4v) is 4.47. The van der Waals surface area contributed by atoms with Gasteiger partial charge in [0.2, 0.25) is 12.7 Å². The van der Waals surface area contributed by atoms with E-state index in [9.17, 15) is 0 Å². The lowest BCUT2D eigenvalue weighted by Crippen LogP contribution is -2.25. The Morgan fingerprint density at radius 2 is 1.07 bits per heavy atom. The van der Waals surface area contributed by atoms with Crippen LogP contribution < -0.4 is 28.4 Å². The van der Waals surface area contributed by atoms with Crippen LogP contribution in [0, 0.1) is 14.9 Å².